The summed E-state index contributed by atoms with van der Waals surface area (Å²) in [6, 6.07) is 14.0. The fourth-order valence-corrected chi connectivity index (χ4v) is 4.70. The summed E-state index contributed by atoms with van der Waals surface area (Å²) in [7, 11) is -0.618. The highest BCUT2D eigenvalue weighted by Gasteiger charge is 2.19. The smallest absolute Gasteiger partial charge is 0.267 e. The molecule has 0 saturated carbocycles. The van der Waals surface area contributed by atoms with Gasteiger partial charge in [0.15, 0.2) is 0 Å². The molecule has 108 valence electrons. The zero-order valence-electron chi connectivity index (χ0n) is 11.2. The van der Waals surface area contributed by atoms with Crippen molar-refractivity contribution >= 4 is 39.8 Å². The van der Waals surface area contributed by atoms with E-state index in [4.69, 9.17) is 23.2 Å². The lowest BCUT2D eigenvalue weighted by Crippen LogP contribution is -2.02. The SMILES string of the molecule is O=C(CCl)/N=S1\c2ccccc2CCc2cc(Cl)ccc21. The lowest BCUT2D eigenvalue weighted by atomic mass is 10.0. The molecule has 0 bridgehead atoms. The number of aryl methyl sites for hydroxylation is 2. The van der Waals surface area contributed by atoms with Crippen LogP contribution >= 0.6 is 23.2 Å². The summed E-state index contributed by atoms with van der Waals surface area (Å²) in [5.74, 6) is -0.369. The predicted molar refractivity (Wildman–Crippen MR) is 87.4 cm³/mol. The Labute approximate surface area is 136 Å². The van der Waals surface area contributed by atoms with Gasteiger partial charge in [0.1, 0.15) is 5.88 Å². The minimum atomic E-state index is -0.618. The van der Waals surface area contributed by atoms with E-state index in [1.807, 2.05) is 36.4 Å². The highest BCUT2D eigenvalue weighted by Crippen LogP contribution is 2.32. The van der Waals surface area contributed by atoms with E-state index >= 15 is 0 Å². The lowest BCUT2D eigenvalue weighted by molar-refractivity contribution is -0.115. The first-order valence-electron chi connectivity index (χ1n) is 6.60. The minimum absolute atomic E-state index is 0.0887. The summed E-state index contributed by atoms with van der Waals surface area (Å²) >= 11 is 11.7. The molecular weight excluding hydrogens is 325 g/mol. The van der Waals surface area contributed by atoms with Gasteiger partial charge >= 0.3 is 0 Å². The molecule has 0 saturated heterocycles. The van der Waals surface area contributed by atoms with Crippen LogP contribution in [-0.2, 0) is 28.3 Å². The maximum Gasteiger partial charge on any atom is 0.267 e. The third kappa shape index (κ3) is 3.05. The lowest BCUT2D eigenvalue weighted by Gasteiger charge is -2.11. The van der Waals surface area contributed by atoms with Crippen LogP contribution in [0.4, 0.5) is 0 Å². The van der Waals surface area contributed by atoms with Crippen LogP contribution in [0.1, 0.15) is 11.1 Å². The third-order valence-electron chi connectivity index (χ3n) is 3.38. The summed E-state index contributed by atoms with van der Waals surface area (Å²) in [5.41, 5.74) is 2.40. The van der Waals surface area contributed by atoms with Crippen molar-refractivity contribution in [1.29, 1.82) is 0 Å². The number of halogens is 2. The van der Waals surface area contributed by atoms with Gasteiger partial charge in [-0.15, -0.1) is 11.6 Å². The van der Waals surface area contributed by atoms with E-state index in [0.717, 1.165) is 28.2 Å². The largest absolute Gasteiger partial charge is 0.271 e. The summed E-state index contributed by atoms with van der Waals surface area (Å²) in [6.07, 6.45) is 1.83. The molecule has 3 rings (SSSR count). The number of nitrogens with zero attached hydrogens (tertiary/aromatic N) is 1. The molecular formula is C16H13Cl2NOS. The fraction of sp³-hybridized carbons (Fsp3) is 0.188. The van der Waals surface area contributed by atoms with Gasteiger partial charge in [-0.2, -0.15) is 4.36 Å². The molecule has 1 aliphatic rings. The topological polar surface area (TPSA) is 29.4 Å². The summed E-state index contributed by atoms with van der Waals surface area (Å²) in [4.78, 5) is 13.9. The number of hydrogen-bond donors (Lipinski definition) is 0. The molecule has 1 amide bonds. The van der Waals surface area contributed by atoms with Gasteiger partial charge in [-0.3, -0.25) is 4.79 Å². The zero-order chi connectivity index (χ0) is 14.8. The summed E-state index contributed by atoms with van der Waals surface area (Å²) in [6.45, 7) is 0. The van der Waals surface area contributed by atoms with Crippen LogP contribution < -0.4 is 0 Å². The van der Waals surface area contributed by atoms with Gasteiger partial charge in [0.2, 0.25) is 0 Å². The van der Waals surface area contributed by atoms with Gasteiger partial charge < -0.3 is 0 Å². The average molecular weight is 338 g/mol. The van der Waals surface area contributed by atoms with Crippen molar-refractivity contribution < 1.29 is 4.79 Å². The van der Waals surface area contributed by atoms with Gasteiger partial charge in [0, 0.05) is 14.8 Å². The van der Waals surface area contributed by atoms with Crippen molar-refractivity contribution in [3.8, 4) is 0 Å². The molecule has 0 spiro atoms. The predicted octanol–water partition coefficient (Wildman–Crippen LogP) is 4.42. The number of hydrogen-bond acceptors (Lipinski definition) is 1. The van der Waals surface area contributed by atoms with E-state index in [1.165, 1.54) is 5.56 Å². The molecule has 1 unspecified atom stereocenters. The Kier molecular flexibility index (Phi) is 4.43. The fourth-order valence-electron chi connectivity index (χ4n) is 2.44. The quantitative estimate of drug-likeness (QED) is 0.708. The van der Waals surface area contributed by atoms with Crippen LogP contribution in [0.5, 0.6) is 0 Å². The molecule has 0 aromatic heterocycles. The van der Waals surface area contributed by atoms with Crippen molar-refractivity contribution in [3.05, 3.63) is 58.6 Å². The number of carbonyl (C=O) groups is 1. The zero-order valence-corrected chi connectivity index (χ0v) is 13.5. The number of alkyl halides is 1. The van der Waals surface area contributed by atoms with E-state index in [0.29, 0.717) is 5.02 Å². The van der Waals surface area contributed by atoms with Gasteiger partial charge in [-0.05, 0) is 58.9 Å². The highest BCUT2D eigenvalue weighted by atomic mass is 35.5. The summed E-state index contributed by atoms with van der Waals surface area (Å²) in [5, 5.41) is 0.715. The number of benzene rings is 2. The van der Waals surface area contributed by atoms with Gasteiger partial charge in [-0.25, -0.2) is 0 Å². The number of fused-ring (bicyclic) bond motifs is 2. The Morgan fingerprint density at radius 3 is 2.62 bits per heavy atom. The Bertz CT molecular complexity index is 743. The van der Waals surface area contributed by atoms with Crippen molar-refractivity contribution in [1.82, 2.24) is 0 Å². The second-order valence-corrected chi connectivity index (χ2v) is 7.10. The molecule has 1 atom stereocenters. The molecule has 1 aliphatic heterocycles. The van der Waals surface area contributed by atoms with E-state index < -0.39 is 10.7 Å². The van der Waals surface area contributed by atoms with E-state index in [9.17, 15) is 4.79 Å². The second kappa shape index (κ2) is 6.30. The van der Waals surface area contributed by atoms with E-state index in [-0.39, 0.29) is 11.8 Å². The third-order valence-corrected chi connectivity index (χ3v) is 5.86. The van der Waals surface area contributed by atoms with Crippen LogP contribution in [-0.4, -0.2) is 11.8 Å². The Hall–Kier alpha value is -1.16. The molecule has 0 N–H and O–H groups in total. The average Bonchev–Trinajstić information content (AvgIpc) is 2.65. The molecule has 0 radical (unpaired) electrons. The van der Waals surface area contributed by atoms with Crippen LogP contribution in [0, 0.1) is 0 Å². The number of amides is 1. The van der Waals surface area contributed by atoms with Crippen LogP contribution in [0.2, 0.25) is 5.02 Å². The summed E-state index contributed by atoms with van der Waals surface area (Å²) < 4.78 is 4.34. The molecule has 2 aromatic carbocycles. The Morgan fingerprint density at radius 1 is 1.10 bits per heavy atom. The maximum absolute atomic E-state index is 11.8. The number of rotatable bonds is 1. The van der Waals surface area contributed by atoms with Crippen molar-refractivity contribution in [2.24, 2.45) is 4.36 Å². The van der Waals surface area contributed by atoms with Crippen molar-refractivity contribution in [2.45, 2.75) is 22.6 Å². The normalized spacial score (nSPS) is 17.0. The molecule has 5 heteroatoms. The second-order valence-electron chi connectivity index (χ2n) is 4.76. The maximum atomic E-state index is 11.8. The van der Waals surface area contributed by atoms with E-state index in [2.05, 4.69) is 10.4 Å². The highest BCUT2D eigenvalue weighted by molar-refractivity contribution is 7.87. The van der Waals surface area contributed by atoms with Crippen molar-refractivity contribution in [3.63, 3.8) is 0 Å². The first kappa shape index (κ1) is 14.8. The first-order valence-corrected chi connectivity index (χ1v) is 8.69. The molecule has 2 aromatic rings. The van der Waals surface area contributed by atoms with E-state index in [1.54, 1.807) is 0 Å². The molecule has 0 aliphatic carbocycles. The van der Waals surface area contributed by atoms with Crippen LogP contribution in [0.25, 0.3) is 0 Å². The Balaban J connectivity index is 2.25. The molecule has 1 heterocycles. The first-order chi connectivity index (χ1) is 10.2. The number of carbonyl (C=O) groups excluding carboxylic acids is 1. The van der Waals surface area contributed by atoms with Crippen LogP contribution in [0.3, 0.4) is 0 Å². The molecule has 0 fully saturated rings. The minimum Gasteiger partial charge on any atom is -0.271 e. The molecule has 2 nitrogen and oxygen atoms in total. The van der Waals surface area contributed by atoms with Crippen LogP contribution in [0.15, 0.2) is 56.6 Å². The van der Waals surface area contributed by atoms with Gasteiger partial charge in [0.25, 0.3) is 5.91 Å². The standard InChI is InChI=1S/C16H13Cl2NOS/c17-10-16(20)19-21-14-4-2-1-3-11(14)5-6-12-9-13(18)7-8-15(12)21/h1-4,7-9H,5-6,10H2. The molecule has 21 heavy (non-hydrogen) atoms. The van der Waals surface area contributed by atoms with Crippen molar-refractivity contribution in [2.75, 3.05) is 5.88 Å². The van der Waals surface area contributed by atoms with Gasteiger partial charge in [-0.1, -0.05) is 29.8 Å². The monoisotopic (exact) mass is 337 g/mol. The van der Waals surface area contributed by atoms with Gasteiger partial charge in [0.05, 0.1) is 0 Å². The Morgan fingerprint density at radius 2 is 1.81 bits per heavy atom.